The number of amides is 1. The van der Waals surface area contributed by atoms with Crippen LogP contribution in [0.2, 0.25) is 0 Å². The van der Waals surface area contributed by atoms with Gasteiger partial charge >= 0.3 is 0 Å². The zero-order valence-electron chi connectivity index (χ0n) is 20.9. The number of benzene rings is 2. The summed E-state index contributed by atoms with van der Waals surface area (Å²) >= 11 is 0. The van der Waals surface area contributed by atoms with E-state index in [0.29, 0.717) is 5.56 Å². The third-order valence-corrected chi connectivity index (χ3v) is 7.90. The van der Waals surface area contributed by atoms with Crippen molar-refractivity contribution < 1.29 is 27.9 Å². The van der Waals surface area contributed by atoms with Crippen molar-refractivity contribution in [1.82, 2.24) is 9.21 Å². The van der Waals surface area contributed by atoms with Gasteiger partial charge in [0, 0.05) is 33.3 Å². The number of ether oxygens (including phenoxy) is 1. The van der Waals surface area contributed by atoms with Crippen LogP contribution in [0.5, 0.6) is 0 Å². The van der Waals surface area contributed by atoms with E-state index in [1.807, 2.05) is 24.3 Å². The van der Waals surface area contributed by atoms with Crippen molar-refractivity contribution >= 4 is 27.5 Å². The number of likely N-dealkylation sites (tertiary alicyclic amines) is 1. The van der Waals surface area contributed by atoms with E-state index >= 15 is 0 Å². The summed E-state index contributed by atoms with van der Waals surface area (Å²) in [6.07, 6.45) is 0. The van der Waals surface area contributed by atoms with Crippen molar-refractivity contribution in [2.75, 3.05) is 34.4 Å². The fourth-order valence-electron chi connectivity index (χ4n) is 3.96. The molecule has 1 aliphatic rings. The quantitative estimate of drug-likeness (QED) is 0.355. The Morgan fingerprint density at radius 3 is 2.09 bits per heavy atom. The maximum absolute atomic E-state index is 13.1. The summed E-state index contributed by atoms with van der Waals surface area (Å²) in [6, 6.07) is 12.4. The van der Waals surface area contributed by atoms with Crippen LogP contribution in [0.15, 0.2) is 59.0 Å². The lowest BCUT2D eigenvalue weighted by molar-refractivity contribution is -0.140. The number of aliphatic hydroxyl groups is 1. The molecule has 1 amide bonds. The van der Waals surface area contributed by atoms with E-state index in [4.69, 9.17) is 4.74 Å². The fraction of sp³-hybridized carbons (Fsp3) is 0.385. The highest BCUT2D eigenvalue weighted by Crippen LogP contribution is 2.40. The fourth-order valence-corrected chi connectivity index (χ4v) is 4.86. The van der Waals surface area contributed by atoms with Gasteiger partial charge in [0.25, 0.3) is 11.7 Å². The SMILES string of the molecule is COCCN1C(=O)C(=O)C(=C(O)c2ccc(S(=O)(=O)N(C)C)cc2)C1c1ccc(C(C)(C)C)cc1. The van der Waals surface area contributed by atoms with E-state index in [9.17, 15) is 23.1 Å². The van der Waals surface area contributed by atoms with E-state index in [1.165, 1.54) is 50.4 Å². The van der Waals surface area contributed by atoms with Gasteiger partial charge in [0.15, 0.2) is 0 Å². The predicted molar refractivity (Wildman–Crippen MR) is 133 cm³/mol. The van der Waals surface area contributed by atoms with Gasteiger partial charge in [0.05, 0.1) is 23.1 Å². The lowest BCUT2D eigenvalue weighted by Gasteiger charge is -2.26. The van der Waals surface area contributed by atoms with Crippen molar-refractivity contribution in [2.24, 2.45) is 0 Å². The monoisotopic (exact) mass is 500 g/mol. The first kappa shape index (κ1) is 26.6. The smallest absolute Gasteiger partial charge is 0.295 e. The van der Waals surface area contributed by atoms with E-state index in [2.05, 4.69) is 20.8 Å². The minimum absolute atomic E-state index is 0.0437. The Balaban J connectivity index is 2.12. The Kier molecular flexibility index (Phi) is 7.54. The van der Waals surface area contributed by atoms with Crippen molar-refractivity contribution in [3.63, 3.8) is 0 Å². The Morgan fingerprint density at radius 2 is 1.60 bits per heavy atom. The van der Waals surface area contributed by atoms with Crippen LogP contribution in [0.25, 0.3) is 5.76 Å². The van der Waals surface area contributed by atoms with Crippen LogP contribution >= 0.6 is 0 Å². The summed E-state index contributed by atoms with van der Waals surface area (Å²) in [4.78, 5) is 27.4. The second-order valence-electron chi connectivity index (χ2n) is 9.67. The van der Waals surface area contributed by atoms with Crippen molar-refractivity contribution in [3.05, 3.63) is 70.8 Å². The lowest BCUT2D eigenvalue weighted by atomic mass is 9.85. The Bertz CT molecular complexity index is 1240. The summed E-state index contributed by atoms with van der Waals surface area (Å²) in [5, 5.41) is 11.2. The number of ketones is 1. The molecule has 1 saturated heterocycles. The van der Waals surface area contributed by atoms with Gasteiger partial charge in [0.1, 0.15) is 5.76 Å². The Labute approximate surface area is 206 Å². The number of aliphatic hydroxyl groups excluding tert-OH is 1. The van der Waals surface area contributed by atoms with Gasteiger partial charge in [-0.15, -0.1) is 0 Å². The number of hydrogen-bond donors (Lipinski definition) is 1. The maximum Gasteiger partial charge on any atom is 0.295 e. The molecule has 1 aliphatic heterocycles. The van der Waals surface area contributed by atoms with Crippen molar-refractivity contribution in [1.29, 1.82) is 0 Å². The van der Waals surface area contributed by atoms with Gasteiger partial charge in [-0.2, -0.15) is 0 Å². The molecule has 2 aromatic rings. The number of Topliss-reactive ketones (excluding diaryl/α,β-unsaturated/α-hetero) is 1. The molecule has 35 heavy (non-hydrogen) atoms. The van der Waals surface area contributed by atoms with Crippen LogP contribution in [0.3, 0.4) is 0 Å². The minimum Gasteiger partial charge on any atom is -0.507 e. The Hall–Kier alpha value is -3.01. The number of sulfonamides is 1. The number of nitrogens with zero attached hydrogens (tertiary/aromatic N) is 2. The average molecular weight is 501 g/mol. The molecule has 1 atom stereocenters. The summed E-state index contributed by atoms with van der Waals surface area (Å²) < 4.78 is 31.0. The molecular weight excluding hydrogens is 468 g/mol. The molecule has 1 unspecified atom stereocenters. The molecule has 0 spiro atoms. The topological polar surface area (TPSA) is 104 Å². The van der Waals surface area contributed by atoms with Gasteiger partial charge in [-0.1, -0.05) is 45.0 Å². The van der Waals surface area contributed by atoms with E-state index < -0.39 is 27.8 Å². The maximum atomic E-state index is 13.1. The van der Waals surface area contributed by atoms with E-state index in [-0.39, 0.29) is 40.4 Å². The highest BCUT2D eigenvalue weighted by molar-refractivity contribution is 7.89. The molecule has 1 heterocycles. The van der Waals surface area contributed by atoms with Crippen molar-refractivity contribution in [2.45, 2.75) is 37.1 Å². The molecule has 0 radical (unpaired) electrons. The van der Waals surface area contributed by atoms with Crippen LogP contribution in [0, 0.1) is 0 Å². The predicted octanol–water partition coefficient (Wildman–Crippen LogP) is 3.30. The Morgan fingerprint density at radius 1 is 1.03 bits per heavy atom. The van der Waals surface area contributed by atoms with E-state index in [0.717, 1.165) is 9.87 Å². The highest BCUT2D eigenvalue weighted by atomic mass is 32.2. The second kappa shape index (κ2) is 9.93. The molecule has 0 aromatic heterocycles. The van der Waals surface area contributed by atoms with E-state index in [1.54, 1.807) is 0 Å². The van der Waals surface area contributed by atoms with Gasteiger partial charge < -0.3 is 14.7 Å². The normalized spacial score (nSPS) is 18.5. The van der Waals surface area contributed by atoms with Crippen LogP contribution in [0.1, 0.15) is 43.5 Å². The average Bonchev–Trinajstić information content (AvgIpc) is 3.06. The largest absolute Gasteiger partial charge is 0.507 e. The van der Waals surface area contributed by atoms with Crippen molar-refractivity contribution in [3.8, 4) is 0 Å². The summed E-state index contributed by atoms with van der Waals surface area (Å²) in [5.41, 5.74) is 1.89. The van der Waals surface area contributed by atoms with Crippen LogP contribution < -0.4 is 0 Å². The number of carbonyl (C=O) groups is 2. The molecule has 2 aromatic carbocycles. The first-order valence-electron chi connectivity index (χ1n) is 11.2. The molecule has 188 valence electrons. The third kappa shape index (κ3) is 5.17. The summed E-state index contributed by atoms with van der Waals surface area (Å²) in [5.74, 6) is -1.88. The molecule has 8 nitrogen and oxygen atoms in total. The minimum atomic E-state index is -3.65. The van der Waals surface area contributed by atoms with Gasteiger partial charge in [-0.05, 0) is 40.8 Å². The highest BCUT2D eigenvalue weighted by Gasteiger charge is 2.46. The molecule has 9 heteroatoms. The zero-order chi connectivity index (χ0) is 26.1. The van der Waals surface area contributed by atoms with Crippen LogP contribution in [-0.4, -0.2) is 68.8 Å². The molecule has 0 bridgehead atoms. The molecule has 3 rings (SSSR count). The standard InChI is InChI=1S/C26H32N2O6S/c1-26(2,3)19-11-7-17(8-12-19)22-21(24(30)25(31)28(22)15-16-34-6)23(29)18-9-13-20(14-10-18)35(32,33)27(4)5/h7-14,22,29H,15-16H2,1-6H3. The second-order valence-corrected chi connectivity index (χ2v) is 11.8. The van der Waals surface area contributed by atoms with Crippen LogP contribution in [0.4, 0.5) is 0 Å². The van der Waals surface area contributed by atoms with Gasteiger partial charge in [-0.25, -0.2) is 12.7 Å². The number of hydrogen-bond acceptors (Lipinski definition) is 6. The molecule has 0 saturated carbocycles. The molecule has 1 fully saturated rings. The number of methoxy groups -OCH3 is 1. The molecular formula is C26H32N2O6S. The molecule has 0 aliphatic carbocycles. The lowest BCUT2D eigenvalue weighted by Crippen LogP contribution is -2.32. The van der Waals surface area contributed by atoms with Gasteiger partial charge in [-0.3, -0.25) is 9.59 Å². The third-order valence-electron chi connectivity index (χ3n) is 6.08. The number of carbonyl (C=O) groups excluding carboxylic acids is 2. The first-order chi connectivity index (χ1) is 16.3. The number of rotatable bonds is 7. The summed E-state index contributed by atoms with van der Waals surface area (Å²) in [6.45, 7) is 6.66. The molecule has 1 N–H and O–H groups in total. The van der Waals surface area contributed by atoms with Gasteiger partial charge in [0.2, 0.25) is 10.0 Å². The first-order valence-corrected chi connectivity index (χ1v) is 12.7. The van der Waals surface area contributed by atoms with Crippen LogP contribution in [-0.2, 0) is 29.8 Å². The summed E-state index contributed by atoms with van der Waals surface area (Å²) in [7, 11) is 0.705. The zero-order valence-corrected chi connectivity index (χ0v) is 21.7.